The molecule has 5 nitrogen and oxygen atoms in total. The molecule has 0 unspecified atom stereocenters. The van der Waals surface area contributed by atoms with Gasteiger partial charge in [0.05, 0.1) is 26.0 Å². The number of rotatable bonds is 6. The van der Waals surface area contributed by atoms with Crippen LogP contribution in [0.3, 0.4) is 0 Å². The van der Waals surface area contributed by atoms with Gasteiger partial charge in [0.25, 0.3) is 0 Å². The zero-order valence-corrected chi connectivity index (χ0v) is 9.39. The van der Waals surface area contributed by atoms with Crippen LogP contribution in [0.2, 0.25) is 0 Å². The summed E-state index contributed by atoms with van der Waals surface area (Å²) in [6.45, 7) is 0.997. The summed E-state index contributed by atoms with van der Waals surface area (Å²) in [7, 11) is 1.56. The van der Waals surface area contributed by atoms with E-state index in [4.69, 9.17) is 20.7 Å². The van der Waals surface area contributed by atoms with Crippen molar-refractivity contribution in [2.75, 3.05) is 44.0 Å². The molecule has 0 heterocycles. The van der Waals surface area contributed by atoms with Gasteiger partial charge in [-0.05, 0) is 18.2 Å². The SMILES string of the molecule is COc1ccc(N(CCO)CCO)cc1N. The Morgan fingerprint density at radius 1 is 1.25 bits per heavy atom. The Labute approximate surface area is 95.1 Å². The van der Waals surface area contributed by atoms with Crippen LogP contribution in [0.4, 0.5) is 11.4 Å². The number of methoxy groups -OCH3 is 1. The second-order valence-corrected chi connectivity index (χ2v) is 3.36. The van der Waals surface area contributed by atoms with Crippen molar-refractivity contribution in [2.45, 2.75) is 0 Å². The van der Waals surface area contributed by atoms with E-state index in [2.05, 4.69) is 0 Å². The Morgan fingerprint density at radius 2 is 1.88 bits per heavy atom. The molecule has 90 valence electrons. The van der Waals surface area contributed by atoms with E-state index in [0.29, 0.717) is 24.5 Å². The number of hydrogen-bond donors (Lipinski definition) is 3. The maximum absolute atomic E-state index is 8.92. The minimum Gasteiger partial charge on any atom is -0.495 e. The molecule has 1 rings (SSSR count). The number of benzene rings is 1. The molecule has 16 heavy (non-hydrogen) atoms. The lowest BCUT2D eigenvalue weighted by Gasteiger charge is -2.23. The molecule has 0 bridgehead atoms. The third-order valence-electron chi connectivity index (χ3n) is 2.32. The lowest BCUT2D eigenvalue weighted by Crippen LogP contribution is -2.29. The molecule has 0 radical (unpaired) electrons. The first-order valence-corrected chi connectivity index (χ1v) is 5.13. The van der Waals surface area contributed by atoms with E-state index in [9.17, 15) is 0 Å². The van der Waals surface area contributed by atoms with Crippen LogP contribution in [0.1, 0.15) is 0 Å². The maximum atomic E-state index is 8.92. The number of aliphatic hydroxyl groups is 2. The average molecular weight is 226 g/mol. The fourth-order valence-electron chi connectivity index (χ4n) is 1.53. The minimum atomic E-state index is 0.0337. The van der Waals surface area contributed by atoms with Gasteiger partial charge < -0.3 is 25.6 Å². The lowest BCUT2D eigenvalue weighted by atomic mass is 10.2. The molecule has 0 aromatic heterocycles. The van der Waals surface area contributed by atoms with Crippen LogP contribution in [0, 0.1) is 0 Å². The van der Waals surface area contributed by atoms with E-state index in [1.807, 2.05) is 11.0 Å². The van der Waals surface area contributed by atoms with E-state index in [0.717, 1.165) is 5.69 Å². The number of anilines is 2. The summed E-state index contributed by atoms with van der Waals surface area (Å²) in [6.07, 6.45) is 0. The summed E-state index contributed by atoms with van der Waals surface area (Å²) >= 11 is 0. The zero-order chi connectivity index (χ0) is 12.0. The van der Waals surface area contributed by atoms with Crippen molar-refractivity contribution in [3.63, 3.8) is 0 Å². The summed E-state index contributed by atoms with van der Waals surface area (Å²) in [5.74, 6) is 0.622. The summed E-state index contributed by atoms with van der Waals surface area (Å²) in [4.78, 5) is 1.86. The standard InChI is InChI=1S/C11H18N2O3/c1-16-11-3-2-9(8-10(11)12)13(4-6-14)5-7-15/h2-3,8,14-15H,4-7,12H2,1H3. The van der Waals surface area contributed by atoms with Crippen LogP contribution < -0.4 is 15.4 Å². The highest BCUT2D eigenvalue weighted by Crippen LogP contribution is 2.26. The quantitative estimate of drug-likeness (QED) is 0.598. The van der Waals surface area contributed by atoms with Crippen LogP contribution in [0.15, 0.2) is 18.2 Å². The highest BCUT2D eigenvalue weighted by atomic mass is 16.5. The van der Waals surface area contributed by atoms with Gasteiger partial charge in [0, 0.05) is 18.8 Å². The largest absolute Gasteiger partial charge is 0.495 e. The van der Waals surface area contributed by atoms with Crippen LogP contribution in [0.5, 0.6) is 5.75 Å². The Hall–Kier alpha value is -1.46. The van der Waals surface area contributed by atoms with Gasteiger partial charge in [-0.3, -0.25) is 0 Å². The van der Waals surface area contributed by atoms with Crippen molar-refractivity contribution in [1.82, 2.24) is 0 Å². The monoisotopic (exact) mass is 226 g/mol. The number of aliphatic hydroxyl groups excluding tert-OH is 2. The molecule has 0 aliphatic heterocycles. The summed E-state index contributed by atoms with van der Waals surface area (Å²) in [5, 5.41) is 17.8. The first kappa shape index (κ1) is 12.6. The molecule has 0 aliphatic carbocycles. The first-order valence-electron chi connectivity index (χ1n) is 5.13. The van der Waals surface area contributed by atoms with Crippen molar-refractivity contribution in [2.24, 2.45) is 0 Å². The smallest absolute Gasteiger partial charge is 0.141 e. The topological polar surface area (TPSA) is 79.0 Å². The average Bonchev–Trinajstić information content (AvgIpc) is 2.28. The molecule has 4 N–H and O–H groups in total. The van der Waals surface area contributed by atoms with Gasteiger partial charge >= 0.3 is 0 Å². The lowest BCUT2D eigenvalue weighted by molar-refractivity contribution is 0.281. The molecule has 0 amide bonds. The van der Waals surface area contributed by atoms with Crippen molar-refractivity contribution < 1.29 is 14.9 Å². The van der Waals surface area contributed by atoms with E-state index < -0.39 is 0 Å². The van der Waals surface area contributed by atoms with Crippen LogP contribution in [-0.4, -0.2) is 43.6 Å². The number of hydrogen-bond acceptors (Lipinski definition) is 5. The Kier molecular flexibility index (Phi) is 4.88. The molecular formula is C11H18N2O3. The molecular weight excluding hydrogens is 208 g/mol. The van der Waals surface area contributed by atoms with Gasteiger partial charge in [-0.2, -0.15) is 0 Å². The van der Waals surface area contributed by atoms with E-state index in [1.165, 1.54) is 0 Å². The molecule has 1 aromatic rings. The van der Waals surface area contributed by atoms with E-state index in [-0.39, 0.29) is 13.2 Å². The van der Waals surface area contributed by atoms with E-state index >= 15 is 0 Å². The molecule has 0 saturated heterocycles. The van der Waals surface area contributed by atoms with Crippen molar-refractivity contribution in [3.05, 3.63) is 18.2 Å². The third kappa shape index (κ3) is 3.01. The van der Waals surface area contributed by atoms with Gasteiger partial charge in [-0.1, -0.05) is 0 Å². The molecule has 5 heteroatoms. The minimum absolute atomic E-state index is 0.0337. The Balaban J connectivity index is 2.87. The zero-order valence-electron chi connectivity index (χ0n) is 9.39. The second kappa shape index (κ2) is 6.19. The van der Waals surface area contributed by atoms with Crippen LogP contribution >= 0.6 is 0 Å². The Morgan fingerprint density at radius 3 is 2.31 bits per heavy atom. The summed E-state index contributed by atoms with van der Waals surface area (Å²) in [6, 6.07) is 5.39. The normalized spacial score (nSPS) is 10.2. The van der Waals surface area contributed by atoms with Crippen molar-refractivity contribution in [1.29, 1.82) is 0 Å². The number of nitrogens with zero attached hydrogens (tertiary/aromatic N) is 1. The van der Waals surface area contributed by atoms with Crippen molar-refractivity contribution in [3.8, 4) is 5.75 Å². The highest BCUT2D eigenvalue weighted by Gasteiger charge is 2.07. The highest BCUT2D eigenvalue weighted by molar-refractivity contribution is 5.63. The predicted molar refractivity (Wildman–Crippen MR) is 63.8 cm³/mol. The fraction of sp³-hybridized carbons (Fsp3) is 0.455. The van der Waals surface area contributed by atoms with Crippen LogP contribution in [0.25, 0.3) is 0 Å². The molecule has 0 spiro atoms. The first-order chi connectivity index (χ1) is 7.72. The molecule has 0 atom stereocenters. The van der Waals surface area contributed by atoms with Gasteiger partial charge in [0.2, 0.25) is 0 Å². The van der Waals surface area contributed by atoms with E-state index in [1.54, 1.807) is 19.2 Å². The third-order valence-corrected chi connectivity index (χ3v) is 2.32. The maximum Gasteiger partial charge on any atom is 0.141 e. The number of ether oxygens (including phenoxy) is 1. The molecule has 0 aliphatic rings. The van der Waals surface area contributed by atoms with Crippen LogP contribution in [-0.2, 0) is 0 Å². The summed E-state index contributed by atoms with van der Waals surface area (Å²) < 4.78 is 5.06. The Bertz CT molecular complexity index is 325. The molecule has 0 saturated carbocycles. The molecule has 0 fully saturated rings. The summed E-state index contributed by atoms with van der Waals surface area (Å²) in [5.41, 5.74) is 7.19. The van der Waals surface area contributed by atoms with Gasteiger partial charge in [0.1, 0.15) is 5.75 Å². The second-order valence-electron chi connectivity index (χ2n) is 3.36. The van der Waals surface area contributed by atoms with Crippen molar-refractivity contribution >= 4 is 11.4 Å². The fourth-order valence-corrected chi connectivity index (χ4v) is 1.53. The van der Waals surface area contributed by atoms with Gasteiger partial charge in [0.15, 0.2) is 0 Å². The molecule has 1 aromatic carbocycles. The van der Waals surface area contributed by atoms with Gasteiger partial charge in [-0.25, -0.2) is 0 Å². The number of nitrogens with two attached hydrogens (primary N) is 1. The van der Waals surface area contributed by atoms with Gasteiger partial charge in [-0.15, -0.1) is 0 Å². The number of nitrogen functional groups attached to an aromatic ring is 1. The predicted octanol–water partition coefficient (Wildman–Crippen LogP) is 0.0684.